The van der Waals surface area contributed by atoms with Crippen LogP contribution in [0.25, 0.3) is 6.08 Å². The van der Waals surface area contributed by atoms with Crippen molar-refractivity contribution in [3.8, 4) is 11.5 Å². The molecule has 1 aromatic carbocycles. The number of thiocarbonyl (C=S) groups is 1. The summed E-state index contributed by atoms with van der Waals surface area (Å²) in [4.78, 5) is 23.2. The summed E-state index contributed by atoms with van der Waals surface area (Å²) in [5.41, 5.74) is 0.223. The maximum Gasteiger partial charge on any atom is 0.263 e. The summed E-state index contributed by atoms with van der Waals surface area (Å²) in [6.07, 6.45) is 1.27. The maximum atomic E-state index is 11.6. The number of nitrogens with one attached hydrogen (secondary N) is 2. The second kappa shape index (κ2) is 4.98. The van der Waals surface area contributed by atoms with E-state index in [1.165, 1.54) is 18.2 Å². The number of hydrogen-bond acceptors (Lipinski definition) is 5. The van der Waals surface area contributed by atoms with Crippen LogP contribution in [0.2, 0.25) is 0 Å². The van der Waals surface area contributed by atoms with E-state index in [0.717, 1.165) is 0 Å². The fraction of sp³-hybridized carbons (Fsp3) is 0. The molecule has 0 aliphatic carbocycles. The van der Waals surface area contributed by atoms with Gasteiger partial charge in [0.25, 0.3) is 11.8 Å². The lowest BCUT2D eigenvalue weighted by molar-refractivity contribution is -0.123. The van der Waals surface area contributed by atoms with Crippen LogP contribution < -0.4 is 10.6 Å². The van der Waals surface area contributed by atoms with E-state index < -0.39 is 11.8 Å². The number of phenolic OH excluding ortho intramolecular Hbond substituents is 2. The standard InChI is InChI=1S/C11H7BrN2O4S/c12-6-2-4(3-7(15)8(6)16)1-5-9(17)13-11(19)14-10(5)18/h1-3,15-16H,(H2,13,14,17,18,19). The van der Waals surface area contributed by atoms with E-state index in [0.29, 0.717) is 5.56 Å². The minimum Gasteiger partial charge on any atom is -0.504 e. The summed E-state index contributed by atoms with van der Waals surface area (Å²) in [5, 5.41) is 23.4. The Morgan fingerprint density at radius 3 is 2.26 bits per heavy atom. The van der Waals surface area contributed by atoms with Gasteiger partial charge in [0.1, 0.15) is 5.57 Å². The molecule has 0 bridgehead atoms. The minimum absolute atomic E-state index is 0.0538. The molecule has 0 radical (unpaired) electrons. The van der Waals surface area contributed by atoms with Crippen molar-refractivity contribution in [2.45, 2.75) is 0 Å². The lowest BCUT2D eigenvalue weighted by Crippen LogP contribution is -2.51. The molecule has 1 aromatic rings. The van der Waals surface area contributed by atoms with Gasteiger partial charge < -0.3 is 10.2 Å². The summed E-state index contributed by atoms with van der Waals surface area (Å²) in [6, 6.07) is 2.68. The number of halogens is 1. The predicted molar refractivity (Wildman–Crippen MR) is 74.3 cm³/mol. The first kappa shape index (κ1) is 13.5. The van der Waals surface area contributed by atoms with Crippen molar-refractivity contribution in [1.29, 1.82) is 0 Å². The van der Waals surface area contributed by atoms with Crippen molar-refractivity contribution in [1.82, 2.24) is 10.6 Å². The van der Waals surface area contributed by atoms with E-state index in [-0.39, 0.29) is 26.7 Å². The molecule has 6 nitrogen and oxygen atoms in total. The molecule has 0 aromatic heterocycles. The van der Waals surface area contributed by atoms with Gasteiger partial charge in [-0.3, -0.25) is 20.2 Å². The Bertz CT molecular complexity index is 597. The van der Waals surface area contributed by atoms with E-state index in [1.54, 1.807) is 0 Å². The molecule has 0 unspecified atom stereocenters. The van der Waals surface area contributed by atoms with Crippen molar-refractivity contribution in [2.75, 3.05) is 0 Å². The van der Waals surface area contributed by atoms with Gasteiger partial charge in [-0.2, -0.15) is 0 Å². The predicted octanol–water partition coefficient (Wildman–Crippen LogP) is 0.775. The Balaban J connectivity index is 2.43. The summed E-state index contributed by atoms with van der Waals surface area (Å²) < 4.78 is 0.242. The van der Waals surface area contributed by atoms with Crippen LogP contribution in [-0.2, 0) is 9.59 Å². The number of aromatic hydroxyl groups is 2. The highest BCUT2D eigenvalue weighted by atomic mass is 79.9. The summed E-state index contributed by atoms with van der Waals surface area (Å²) in [6.45, 7) is 0. The molecule has 1 heterocycles. The van der Waals surface area contributed by atoms with E-state index in [9.17, 15) is 19.8 Å². The minimum atomic E-state index is -0.627. The second-order valence-corrected chi connectivity index (χ2v) is 4.93. The van der Waals surface area contributed by atoms with Crippen LogP contribution in [0.4, 0.5) is 0 Å². The highest BCUT2D eigenvalue weighted by Crippen LogP contribution is 2.34. The number of rotatable bonds is 1. The molecule has 98 valence electrons. The van der Waals surface area contributed by atoms with E-state index in [1.807, 2.05) is 0 Å². The molecule has 2 amide bonds. The van der Waals surface area contributed by atoms with Gasteiger partial charge in [-0.15, -0.1) is 0 Å². The highest BCUT2D eigenvalue weighted by molar-refractivity contribution is 9.10. The third kappa shape index (κ3) is 2.74. The molecule has 1 aliphatic rings. The Kier molecular flexibility index (Phi) is 3.54. The number of carbonyl (C=O) groups excluding carboxylic acids is 2. The largest absolute Gasteiger partial charge is 0.504 e. The normalized spacial score (nSPS) is 15.0. The van der Waals surface area contributed by atoms with Gasteiger partial charge in [-0.25, -0.2) is 0 Å². The SMILES string of the molecule is O=C1NC(=S)NC(=O)C1=Cc1cc(O)c(O)c(Br)c1. The fourth-order valence-corrected chi connectivity index (χ4v) is 2.11. The Morgan fingerprint density at radius 2 is 1.74 bits per heavy atom. The van der Waals surface area contributed by atoms with Crippen molar-refractivity contribution in [3.63, 3.8) is 0 Å². The Morgan fingerprint density at radius 1 is 1.16 bits per heavy atom. The van der Waals surface area contributed by atoms with E-state index in [2.05, 4.69) is 38.8 Å². The van der Waals surface area contributed by atoms with Gasteiger partial charge in [-0.05, 0) is 51.9 Å². The third-order valence-electron chi connectivity index (χ3n) is 2.32. The quantitative estimate of drug-likeness (QED) is 0.261. The lowest BCUT2D eigenvalue weighted by Gasteiger charge is -2.16. The van der Waals surface area contributed by atoms with Crippen LogP contribution in [-0.4, -0.2) is 27.1 Å². The molecule has 1 fully saturated rings. The fourth-order valence-electron chi connectivity index (χ4n) is 1.46. The van der Waals surface area contributed by atoms with Gasteiger partial charge >= 0.3 is 0 Å². The number of carbonyl (C=O) groups is 2. The zero-order valence-corrected chi connectivity index (χ0v) is 11.6. The van der Waals surface area contributed by atoms with Crippen molar-refractivity contribution < 1.29 is 19.8 Å². The van der Waals surface area contributed by atoms with Crippen LogP contribution in [0.3, 0.4) is 0 Å². The first-order chi connectivity index (χ1) is 8.88. The van der Waals surface area contributed by atoms with Gasteiger partial charge in [0.15, 0.2) is 16.6 Å². The summed E-state index contributed by atoms with van der Waals surface area (Å²) in [7, 11) is 0. The lowest BCUT2D eigenvalue weighted by atomic mass is 10.1. The zero-order chi connectivity index (χ0) is 14.2. The van der Waals surface area contributed by atoms with Gasteiger partial charge in [0.05, 0.1) is 4.47 Å². The monoisotopic (exact) mass is 342 g/mol. The average molecular weight is 343 g/mol. The number of benzene rings is 1. The second-order valence-electron chi connectivity index (χ2n) is 3.67. The first-order valence-corrected chi connectivity index (χ1v) is 6.18. The van der Waals surface area contributed by atoms with Crippen molar-refractivity contribution >= 4 is 51.2 Å². The van der Waals surface area contributed by atoms with Crippen LogP contribution in [0.1, 0.15) is 5.56 Å². The molecule has 0 saturated carbocycles. The molecule has 1 saturated heterocycles. The number of amides is 2. The molecular weight excluding hydrogens is 336 g/mol. The smallest absolute Gasteiger partial charge is 0.263 e. The molecule has 4 N–H and O–H groups in total. The van der Waals surface area contributed by atoms with E-state index >= 15 is 0 Å². The molecule has 19 heavy (non-hydrogen) atoms. The van der Waals surface area contributed by atoms with Gasteiger partial charge in [0.2, 0.25) is 0 Å². The summed E-state index contributed by atoms with van der Waals surface area (Å²) >= 11 is 7.70. The van der Waals surface area contributed by atoms with Crippen LogP contribution >= 0.6 is 28.1 Å². The van der Waals surface area contributed by atoms with Crippen LogP contribution in [0.15, 0.2) is 22.2 Å². The highest BCUT2D eigenvalue weighted by Gasteiger charge is 2.25. The molecule has 0 atom stereocenters. The zero-order valence-electron chi connectivity index (χ0n) is 9.23. The van der Waals surface area contributed by atoms with Crippen molar-refractivity contribution in [3.05, 3.63) is 27.7 Å². The molecule has 0 spiro atoms. The Hall–Kier alpha value is -1.93. The molecule has 2 rings (SSSR count). The maximum absolute atomic E-state index is 11.6. The first-order valence-electron chi connectivity index (χ1n) is 4.98. The molecule has 1 aliphatic heterocycles. The number of phenols is 2. The summed E-state index contributed by atoms with van der Waals surface area (Å²) in [5.74, 6) is -1.94. The number of hydrogen-bond donors (Lipinski definition) is 4. The molecular formula is C11H7BrN2O4S. The third-order valence-corrected chi connectivity index (χ3v) is 3.13. The molecule has 8 heteroatoms. The van der Waals surface area contributed by atoms with Crippen molar-refractivity contribution in [2.24, 2.45) is 0 Å². The van der Waals surface area contributed by atoms with E-state index in [4.69, 9.17) is 0 Å². The van der Waals surface area contributed by atoms with Crippen LogP contribution in [0, 0.1) is 0 Å². The Labute approximate surface area is 121 Å². The van der Waals surface area contributed by atoms with Gasteiger partial charge in [-0.1, -0.05) is 0 Å². The topological polar surface area (TPSA) is 98.7 Å². The average Bonchev–Trinajstić information content (AvgIpc) is 2.30. The van der Waals surface area contributed by atoms with Gasteiger partial charge in [0, 0.05) is 0 Å². The van der Waals surface area contributed by atoms with Crippen LogP contribution in [0.5, 0.6) is 11.5 Å².